The minimum atomic E-state index is -4.41. The highest BCUT2D eigenvalue weighted by Crippen LogP contribution is 2.26. The topological polar surface area (TPSA) is 23.5 Å². The molecule has 0 saturated carbocycles. The van der Waals surface area contributed by atoms with E-state index in [9.17, 15) is 17.6 Å². The number of rotatable bonds is 2. The molecule has 15 heavy (non-hydrogen) atoms. The number of nitrogens with zero attached hydrogens (tertiary/aromatic N) is 1. The normalized spacial score (nSPS) is 11.5. The zero-order valence-corrected chi connectivity index (χ0v) is 7.85. The van der Waals surface area contributed by atoms with Gasteiger partial charge in [-0.05, 0) is 12.1 Å². The summed E-state index contributed by atoms with van der Waals surface area (Å²) >= 11 is 0. The van der Waals surface area contributed by atoms with Crippen LogP contribution in [0.3, 0.4) is 0 Å². The summed E-state index contributed by atoms with van der Waals surface area (Å²) in [6, 6.07) is 2.93. The van der Waals surface area contributed by atoms with E-state index in [1.807, 2.05) is 0 Å². The van der Waals surface area contributed by atoms with Gasteiger partial charge in [0, 0.05) is 13.1 Å². The van der Waals surface area contributed by atoms with Crippen molar-refractivity contribution in [2.45, 2.75) is 6.18 Å². The average molecular weight is 223 g/mol. The van der Waals surface area contributed by atoms with E-state index in [0.29, 0.717) is 4.90 Å². The molecule has 1 aromatic carbocycles. The number of anilines is 1. The predicted octanol–water partition coefficient (Wildman–Crippen LogP) is 2.53. The van der Waals surface area contributed by atoms with E-state index in [0.717, 1.165) is 25.2 Å². The molecule has 0 aliphatic rings. The molecule has 0 amide bonds. The van der Waals surface area contributed by atoms with Crippen LogP contribution < -0.4 is 4.90 Å². The van der Waals surface area contributed by atoms with E-state index in [1.165, 1.54) is 0 Å². The Bertz CT molecular complexity index is 350. The van der Waals surface area contributed by atoms with Crippen molar-refractivity contribution in [1.82, 2.24) is 0 Å². The minimum Gasteiger partial charge on any atom is -0.508 e. The first-order valence-electron chi connectivity index (χ1n) is 4.06. The van der Waals surface area contributed by atoms with Gasteiger partial charge < -0.3 is 10.0 Å². The van der Waals surface area contributed by atoms with E-state index in [4.69, 9.17) is 5.11 Å². The summed E-state index contributed by atoms with van der Waals surface area (Å²) in [4.78, 5) is 0.690. The van der Waals surface area contributed by atoms with Crippen molar-refractivity contribution in [3.63, 3.8) is 0 Å². The molecule has 0 saturated heterocycles. The van der Waals surface area contributed by atoms with Crippen LogP contribution in [0.25, 0.3) is 0 Å². The monoisotopic (exact) mass is 223 g/mol. The maximum atomic E-state index is 13.1. The molecular formula is C9H9F4NO. The van der Waals surface area contributed by atoms with Crippen LogP contribution in [0, 0.1) is 5.82 Å². The number of alkyl halides is 3. The molecule has 2 nitrogen and oxygen atoms in total. The maximum Gasteiger partial charge on any atom is 0.405 e. The molecule has 0 bridgehead atoms. The Hall–Kier alpha value is -1.46. The van der Waals surface area contributed by atoms with Crippen molar-refractivity contribution in [2.24, 2.45) is 0 Å². The summed E-state index contributed by atoms with van der Waals surface area (Å²) < 4.78 is 49.1. The summed E-state index contributed by atoms with van der Waals surface area (Å²) in [6.45, 7) is -1.27. The van der Waals surface area contributed by atoms with Crippen LogP contribution in [0.1, 0.15) is 0 Å². The summed E-state index contributed by atoms with van der Waals surface area (Å²) in [5.74, 6) is -1.08. The smallest absolute Gasteiger partial charge is 0.405 e. The second-order valence-electron chi connectivity index (χ2n) is 3.11. The van der Waals surface area contributed by atoms with Gasteiger partial charge in [0.25, 0.3) is 0 Å². The number of phenolic OH excluding ortho intramolecular Hbond substituents is 1. The van der Waals surface area contributed by atoms with Crippen LogP contribution in [0.4, 0.5) is 23.2 Å². The summed E-state index contributed by atoms with van der Waals surface area (Å²) in [6.07, 6.45) is -4.41. The fourth-order valence-electron chi connectivity index (χ4n) is 1.15. The largest absolute Gasteiger partial charge is 0.508 e. The Morgan fingerprint density at radius 1 is 1.33 bits per heavy atom. The number of phenols is 1. The molecule has 0 atom stereocenters. The van der Waals surface area contributed by atoms with Crippen molar-refractivity contribution in [3.8, 4) is 5.75 Å². The van der Waals surface area contributed by atoms with Crippen molar-refractivity contribution >= 4 is 5.69 Å². The number of hydrogen-bond donors (Lipinski definition) is 1. The number of aromatic hydroxyl groups is 1. The molecule has 0 aromatic heterocycles. The Balaban J connectivity index is 2.90. The molecule has 0 heterocycles. The van der Waals surface area contributed by atoms with Crippen LogP contribution in [-0.4, -0.2) is 24.9 Å². The third-order valence-electron chi connectivity index (χ3n) is 1.76. The molecule has 0 spiro atoms. The highest BCUT2D eigenvalue weighted by molar-refractivity contribution is 5.51. The molecule has 84 valence electrons. The van der Waals surface area contributed by atoms with Gasteiger partial charge in [0.05, 0.1) is 5.69 Å². The lowest BCUT2D eigenvalue weighted by Gasteiger charge is -2.21. The Morgan fingerprint density at radius 3 is 2.47 bits per heavy atom. The first-order valence-corrected chi connectivity index (χ1v) is 4.06. The van der Waals surface area contributed by atoms with Gasteiger partial charge in [-0.2, -0.15) is 13.2 Å². The van der Waals surface area contributed by atoms with Crippen LogP contribution >= 0.6 is 0 Å². The number of benzene rings is 1. The van der Waals surface area contributed by atoms with Crippen LogP contribution in [-0.2, 0) is 0 Å². The second-order valence-corrected chi connectivity index (χ2v) is 3.11. The quantitative estimate of drug-likeness (QED) is 0.779. The van der Waals surface area contributed by atoms with Crippen molar-refractivity contribution in [3.05, 3.63) is 24.0 Å². The lowest BCUT2D eigenvalue weighted by atomic mass is 10.2. The summed E-state index contributed by atoms with van der Waals surface area (Å²) in [5, 5.41) is 9.01. The third kappa shape index (κ3) is 3.30. The first kappa shape index (κ1) is 11.6. The van der Waals surface area contributed by atoms with Gasteiger partial charge in [0.1, 0.15) is 18.1 Å². The fourth-order valence-corrected chi connectivity index (χ4v) is 1.15. The molecule has 0 aliphatic carbocycles. The first-order chi connectivity index (χ1) is 6.79. The number of halogens is 4. The SMILES string of the molecule is CN(CC(F)(F)F)c1cc(O)ccc1F. The Kier molecular flexibility index (Phi) is 3.06. The van der Waals surface area contributed by atoms with Crippen LogP contribution in [0.2, 0.25) is 0 Å². The van der Waals surface area contributed by atoms with Crippen molar-refractivity contribution in [1.29, 1.82) is 0 Å². The molecule has 0 fully saturated rings. The predicted molar refractivity (Wildman–Crippen MR) is 47.4 cm³/mol. The van der Waals surface area contributed by atoms with Crippen molar-refractivity contribution < 1.29 is 22.7 Å². The van der Waals surface area contributed by atoms with E-state index in [1.54, 1.807) is 0 Å². The van der Waals surface area contributed by atoms with Crippen LogP contribution in [0.15, 0.2) is 18.2 Å². The third-order valence-corrected chi connectivity index (χ3v) is 1.76. The minimum absolute atomic E-state index is 0.277. The van der Waals surface area contributed by atoms with Gasteiger partial charge in [0.2, 0.25) is 0 Å². The molecule has 0 aliphatic heterocycles. The highest BCUT2D eigenvalue weighted by Gasteiger charge is 2.30. The van der Waals surface area contributed by atoms with Crippen molar-refractivity contribution in [2.75, 3.05) is 18.5 Å². The lowest BCUT2D eigenvalue weighted by Crippen LogP contribution is -2.31. The van der Waals surface area contributed by atoms with Gasteiger partial charge >= 0.3 is 6.18 Å². The van der Waals surface area contributed by atoms with Gasteiger partial charge in [-0.1, -0.05) is 0 Å². The molecule has 6 heteroatoms. The van der Waals surface area contributed by atoms with E-state index < -0.39 is 18.5 Å². The van der Waals surface area contributed by atoms with Gasteiger partial charge in [-0.25, -0.2) is 4.39 Å². The van der Waals surface area contributed by atoms with E-state index >= 15 is 0 Å². The molecule has 0 unspecified atom stereocenters. The summed E-state index contributed by atoms with van der Waals surface area (Å²) in [7, 11) is 1.10. The molecule has 1 rings (SSSR count). The van der Waals surface area contributed by atoms with Crippen LogP contribution in [0.5, 0.6) is 5.75 Å². The molecule has 0 radical (unpaired) electrons. The second kappa shape index (κ2) is 3.96. The van der Waals surface area contributed by atoms with E-state index in [2.05, 4.69) is 0 Å². The Morgan fingerprint density at radius 2 is 1.93 bits per heavy atom. The highest BCUT2D eigenvalue weighted by atomic mass is 19.4. The van der Waals surface area contributed by atoms with Gasteiger partial charge in [0.15, 0.2) is 0 Å². The molecular weight excluding hydrogens is 214 g/mol. The van der Waals surface area contributed by atoms with E-state index in [-0.39, 0.29) is 11.4 Å². The van der Waals surface area contributed by atoms with Gasteiger partial charge in [-0.3, -0.25) is 0 Å². The Labute approximate surface area is 83.7 Å². The summed E-state index contributed by atoms with van der Waals surface area (Å²) in [5.41, 5.74) is -0.285. The fraction of sp³-hybridized carbons (Fsp3) is 0.333. The standard InChI is InChI=1S/C9H9F4NO/c1-14(5-9(11,12)13)8-4-6(15)2-3-7(8)10/h2-4,15H,5H2,1H3. The molecule has 1 N–H and O–H groups in total. The zero-order chi connectivity index (χ0) is 11.6. The number of hydrogen-bond acceptors (Lipinski definition) is 2. The lowest BCUT2D eigenvalue weighted by molar-refractivity contribution is -0.119. The zero-order valence-electron chi connectivity index (χ0n) is 7.85. The van der Waals surface area contributed by atoms with Gasteiger partial charge in [-0.15, -0.1) is 0 Å². The average Bonchev–Trinajstić information content (AvgIpc) is 2.06. The molecule has 1 aromatic rings. The maximum absolute atomic E-state index is 13.1.